The number of methoxy groups -OCH3 is 1. The number of guanidine groups is 1. The first kappa shape index (κ1) is 19.4. The van der Waals surface area contributed by atoms with Crippen LogP contribution in [0.3, 0.4) is 0 Å². The minimum absolute atomic E-state index is 0.0345. The maximum Gasteiger partial charge on any atom is 0.387 e. The average molecular weight is 368 g/mol. The highest BCUT2D eigenvalue weighted by molar-refractivity contribution is 5.79. The van der Waals surface area contributed by atoms with E-state index in [0.717, 1.165) is 5.82 Å². The minimum Gasteiger partial charge on any atom is -0.497 e. The molecule has 2 N–H and O–H groups in total. The number of nitrogens with zero attached hydrogens (tertiary/aromatic N) is 4. The molecule has 0 saturated heterocycles. The van der Waals surface area contributed by atoms with Crippen LogP contribution in [-0.4, -0.2) is 41.0 Å². The van der Waals surface area contributed by atoms with Crippen molar-refractivity contribution in [3.63, 3.8) is 0 Å². The monoisotopic (exact) mass is 368 g/mol. The quantitative estimate of drug-likeness (QED) is 0.545. The Kier molecular flexibility index (Phi) is 7.12. The van der Waals surface area contributed by atoms with E-state index in [1.54, 1.807) is 23.9 Å². The summed E-state index contributed by atoms with van der Waals surface area (Å²) < 4.78 is 36.5. The summed E-state index contributed by atoms with van der Waals surface area (Å²) in [6, 6.07) is 4.73. The lowest BCUT2D eigenvalue weighted by Gasteiger charge is -2.13. The third-order valence-corrected chi connectivity index (χ3v) is 3.46. The van der Waals surface area contributed by atoms with Crippen LogP contribution in [0.5, 0.6) is 11.5 Å². The molecule has 0 aliphatic heterocycles. The fourth-order valence-corrected chi connectivity index (χ4v) is 2.15. The van der Waals surface area contributed by atoms with Crippen LogP contribution < -0.4 is 20.1 Å². The van der Waals surface area contributed by atoms with Crippen LogP contribution in [0.4, 0.5) is 8.78 Å². The molecule has 1 aromatic heterocycles. The predicted molar refractivity (Wildman–Crippen MR) is 92.3 cm³/mol. The van der Waals surface area contributed by atoms with Crippen LogP contribution in [0, 0.1) is 0 Å². The molecule has 0 aliphatic rings. The molecule has 0 bridgehead atoms. The molecule has 10 heteroatoms. The van der Waals surface area contributed by atoms with Crippen molar-refractivity contribution in [3.8, 4) is 11.5 Å². The van der Waals surface area contributed by atoms with Crippen molar-refractivity contribution in [2.45, 2.75) is 26.6 Å². The topological polar surface area (TPSA) is 85.6 Å². The number of hydrogen-bond acceptors (Lipinski definition) is 5. The van der Waals surface area contributed by atoms with E-state index in [1.807, 2.05) is 6.92 Å². The van der Waals surface area contributed by atoms with Gasteiger partial charge in [-0.25, -0.2) is 9.98 Å². The summed E-state index contributed by atoms with van der Waals surface area (Å²) >= 11 is 0. The van der Waals surface area contributed by atoms with E-state index in [4.69, 9.17) is 4.74 Å². The number of benzene rings is 1. The molecule has 2 aromatic rings. The molecular formula is C16H22F2N6O2. The molecular weight excluding hydrogens is 346 g/mol. The molecule has 142 valence electrons. The zero-order valence-corrected chi connectivity index (χ0v) is 14.9. The fraction of sp³-hybridized carbons (Fsp3) is 0.438. The predicted octanol–water partition coefficient (Wildman–Crippen LogP) is 1.68. The smallest absolute Gasteiger partial charge is 0.387 e. The minimum atomic E-state index is -2.92. The lowest BCUT2D eigenvalue weighted by molar-refractivity contribution is -0.0505. The molecule has 1 aromatic carbocycles. The average Bonchev–Trinajstić information content (AvgIpc) is 3.02. The molecule has 26 heavy (non-hydrogen) atoms. The Morgan fingerprint density at radius 3 is 2.77 bits per heavy atom. The highest BCUT2D eigenvalue weighted by atomic mass is 19.3. The summed E-state index contributed by atoms with van der Waals surface area (Å²) in [5.74, 6) is 1.73. The number of aryl methyl sites for hydroxylation is 1. The molecule has 2 rings (SSSR count). The van der Waals surface area contributed by atoms with E-state index >= 15 is 0 Å². The van der Waals surface area contributed by atoms with Crippen molar-refractivity contribution in [2.24, 2.45) is 12.0 Å². The Morgan fingerprint density at radius 2 is 2.15 bits per heavy atom. The summed E-state index contributed by atoms with van der Waals surface area (Å²) in [5, 5.41) is 10.2. The van der Waals surface area contributed by atoms with Crippen LogP contribution in [0.15, 0.2) is 29.5 Å². The normalized spacial score (nSPS) is 11.5. The van der Waals surface area contributed by atoms with Gasteiger partial charge in [-0.1, -0.05) is 0 Å². The van der Waals surface area contributed by atoms with Crippen LogP contribution >= 0.6 is 0 Å². The summed E-state index contributed by atoms with van der Waals surface area (Å²) in [7, 11) is 3.25. The SMILES string of the molecule is CCNC(=NCc1ccc(OC)cc1OC(F)F)NCc1ncnn1C. The van der Waals surface area contributed by atoms with E-state index in [0.29, 0.717) is 30.4 Å². The summed E-state index contributed by atoms with van der Waals surface area (Å²) in [6.07, 6.45) is 1.46. The van der Waals surface area contributed by atoms with Gasteiger partial charge in [0.15, 0.2) is 5.96 Å². The number of alkyl halides is 2. The number of ether oxygens (including phenoxy) is 2. The van der Waals surface area contributed by atoms with Gasteiger partial charge in [-0.2, -0.15) is 13.9 Å². The van der Waals surface area contributed by atoms with Gasteiger partial charge in [0.1, 0.15) is 23.7 Å². The molecule has 0 saturated carbocycles. The zero-order valence-electron chi connectivity index (χ0n) is 14.9. The molecule has 0 amide bonds. The number of rotatable bonds is 8. The van der Waals surface area contributed by atoms with Gasteiger partial charge < -0.3 is 20.1 Å². The van der Waals surface area contributed by atoms with E-state index < -0.39 is 6.61 Å². The Morgan fingerprint density at radius 1 is 1.35 bits per heavy atom. The van der Waals surface area contributed by atoms with Crippen molar-refractivity contribution in [2.75, 3.05) is 13.7 Å². The van der Waals surface area contributed by atoms with Gasteiger partial charge in [-0.3, -0.25) is 4.68 Å². The van der Waals surface area contributed by atoms with Gasteiger partial charge in [-0.05, 0) is 19.1 Å². The maximum absolute atomic E-state index is 12.6. The summed E-state index contributed by atoms with van der Waals surface area (Å²) in [4.78, 5) is 8.53. The largest absolute Gasteiger partial charge is 0.497 e. The highest BCUT2D eigenvalue weighted by Crippen LogP contribution is 2.27. The van der Waals surface area contributed by atoms with Crippen molar-refractivity contribution in [1.82, 2.24) is 25.4 Å². The molecule has 0 unspecified atom stereocenters. The molecule has 0 atom stereocenters. The van der Waals surface area contributed by atoms with Gasteiger partial charge >= 0.3 is 6.61 Å². The number of aromatic nitrogens is 3. The lowest BCUT2D eigenvalue weighted by Crippen LogP contribution is -2.37. The van der Waals surface area contributed by atoms with Crippen LogP contribution in [0.2, 0.25) is 0 Å². The standard InChI is InChI=1S/C16H22F2N6O2/c1-4-19-16(21-9-14-22-10-23-24(14)2)20-8-11-5-6-12(25-3)7-13(11)26-15(17)18/h5-7,10,15H,4,8-9H2,1-3H3,(H2,19,20,21). The molecule has 0 aliphatic carbocycles. The van der Waals surface area contributed by atoms with Crippen molar-refractivity contribution in [3.05, 3.63) is 35.9 Å². The lowest BCUT2D eigenvalue weighted by atomic mass is 10.2. The molecule has 0 radical (unpaired) electrons. The Balaban J connectivity index is 2.11. The number of hydrogen-bond donors (Lipinski definition) is 2. The van der Waals surface area contributed by atoms with Crippen molar-refractivity contribution < 1.29 is 18.3 Å². The third-order valence-electron chi connectivity index (χ3n) is 3.46. The van der Waals surface area contributed by atoms with Crippen molar-refractivity contribution in [1.29, 1.82) is 0 Å². The van der Waals surface area contributed by atoms with Gasteiger partial charge in [0, 0.05) is 25.2 Å². The molecule has 0 fully saturated rings. The van der Waals surface area contributed by atoms with Crippen LogP contribution in [-0.2, 0) is 20.1 Å². The Labute approximate surface area is 150 Å². The second-order valence-corrected chi connectivity index (χ2v) is 5.20. The zero-order chi connectivity index (χ0) is 18.9. The van der Waals surface area contributed by atoms with E-state index in [9.17, 15) is 8.78 Å². The highest BCUT2D eigenvalue weighted by Gasteiger charge is 2.11. The van der Waals surface area contributed by atoms with E-state index in [-0.39, 0.29) is 12.3 Å². The maximum atomic E-state index is 12.6. The Hall–Kier alpha value is -2.91. The van der Waals surface area contributed by atoms with Crippen LogP contribution in [0.1, 0.15) is 18.3 Å². The number of nitrogens with one attached hydrogen (secondary N) is 2. The molecule has 8 nitrogen and oxygen atoms in total. The first-order valence-corrected chi connectivity index (χ1v) is 8.00. The number of halogens is 2. The van der Waals surface area contributed by atoms with Gasteiger partial charge in [-0.15, -0.1) is 0 Å². The van der Waals surface area contributed by atoms with Gasteiger partial charge in [0.05, 0.1) is 20.2 Å². The fourth-order valence-electron chi connectivity index (χ4n) is 2.15. The van der Waals surface area contributed by atoms with Crippen LogP contribution in [0.25, 0.3) is 0 Å². The molecule has 1 heterocycles. The third kappa shape index (κ3) is 5.57. The summed E-state index contributed by atoms with van der Waals surface area (Å²) in [5.41, 5.74) is 0.516. The summed E-state index contributed by atoms with van der Waals surface area (Å²) in [6.45, 7) is 0.226. The van der Waals surface area contributed by atoms with Crippen molar-refractivity contribution >= 4 is 5.96 Å². The van der Waals surface area contributed by atoms with Gasteiger partial charge in [0.25, 0.3) is 0 Å². The first-order chi connectivity index (χ1) is 12.5. The number of aliphatic imine (C=N–C) groups is 1. The molecule has 0 spiro atoms. The first-order valence-electron chi connectivity index (χ1n) is 8.00. The van der Waals surface area contributed by atoms with Gasteiger partial charge in [0.2, 0.25) is 0 Å². The van der Waals surface area contributed by atoms with E-state index in [2.05, 4.69) is 30.4 Å². The second-order valence-electron chi connectivity index (χ2n) is 5.20. The Bertz CT molecular complexity index is 735. The second kappa shape index (κ2) is 9.54. The van der Waals surface area contributed by atoms with E-state index in [1.165, 1.54) is 19.5 Å².